The summed E-state index contributed by atoms with van der Waals surface area (Å²) in [7, 11) is 0. The first-order valence-electron chi connectivity index (χ1n) is 9.08. The molecule has 136 valence electrons. The van der Waals surface area contributed by atoms with Gasteiger partial charge in [0.15, 0.2) is 0 Å². The number of H-pyrrole nitrogens is 1. The van der Waals surface area contributed by atoms with Crippen LogP contribution in [0.15, 0.2) is 60.7 Å². The maximum atomic E-state index is 11.6. The molecular weight excluding hydrogens is 338 g/mol. The van der Waals surface area contributed by atoms with E-state index < -0.39 is 5.97 Å². The van der Waals surface area contributed by atoms with Crippen LogP contribution in [-0.4, -0.2) is 22.7 Å². The molecule has 4 aromatic rings. The number of hydrogen-bond acceptors (Lipinski definition) is 2. The van der Waals surface area contributed by atoms with Crippen LogP contribution in [0.1, 0.15) is 28.0 Å². The molecule has 4 heteroatoms. The number of fused-ring (bicyclic) bond motifs is 2. The van der Waals surface area contributed by atoms with Gasteiger partial charge in [0.2, 0.25) is 0 Å². The zero-order chi connectivity index (χ0) is 18.8. The first kappa shape index (κ1) is 17.2. The average molecular weight is 359 g/mol. The van der Waals surface area contributed by atoms with Crippen molar-refractivity contribution in [1.82, 2.24) is 4.98 Å². The Balaban J connectivity index is 1.50. The third-order valence-electron chi connectivity index (χ3n) is 4.85. The number of aryl methyl sites for hydroxylation is 2. The van der Waals surface area contributed by atoms with Crippen LogP contribution < -0.4 is 4.74 Å². The molecule has 4 rings (SSSR count). The first-order valence-corrected chi connectivity index (χ1v) is 9.08. The van der Waals surface area contributed by atoms with E-state index in [0.717, 1.165) is 45.0 Å². The highest BCUT2D eigenvalue weighted by atomic mass is 16.5. The van der Waals surface area contributed by atoms with E-state index in [-0.39, 0.29) is 5.69 Å². The van der Waals surface area contributed by atoms with Crippen molar-refractivity contribution in [1.29, 1.82) is 0 Å². The molecule has 2 N–H and O–H groups in total. The largest absolute Gasteiger partial charge is 0.493 e. The quantitative estimate of drug-likeness (QED) is 0.457. The number of hydrogen-bond donors (Lipinski definition) is 2. The van der Waals surface area contributed by atoms with Gasteiger partial charge in [0.1, 0.15) is 11.4 Å². The van der Waals surface area contributed by atoms with Crippen LogP contribution in [0.5, 0.6) is 5.75 Å². The van der Waals surface area contributed by atoms with Gasteiger partial charge in [-0.05, 0) is 48.4 Å². The summed E-state index contributed by atoms with van der Waals surface area (Å²) in [5.41, 5.74) is 3.10. The van der Waals surface area contributed by atoms with Crippen LogP contribution in [-0.2, 0) is 6.42 Å². The van der Waals surface area contributed by atoms with Gasteiger partial charge in [-0.15, -0.1) is 0 Å². The summed E-state index contributed by atoms with van der Waals surface area (Å²) in [5.74, 6) is -0.0602. The molecule has 0 spiro atoms. The second kappa shape index (κ2) is 7.16. The van der Waals surface area contributed by atoms with Crippen molar-refractivity contribution in [3.63, 3.8) is 0 Å². The molecule has 0 aliphatic rings. The molecular formula is C23H21NO3. The van der Waals surface area contributed by atoms with E-state index in [1.54, 1.807) is 0 Å². The highest BCUT2D eigenvalue weighted by Crippen LogP contribution is 2.27. The number of carboxylic acids is 1. The summed E-state index contributed by atoms with van der Waals surface area (Å²) in [5, 5.41) is 12.7. The summed E-state index contributed by atoms with van der Waals surface area (Å²) in [6.07, 6.45) is 1.39. The number of benzene rings is 3. The van der Waals surface area contributed by atoms with Crippen LogP contribution >= 0.6 is 0 Å². The van der Waals surface area contributed by atoms with E-state index in [0.29, 0.717) is 13.0 Å². The molecule has 1 heterocycles. The summed E-state index contributed by atoms with van der Waals surface area (Å²) >= 11 is 0. The standard InChI is InChI=1S/C23H21NO3/c1-15-11-12-18-19(22(23(25)26)24-20(18)14-15)9-5-13-27-21-10-4-7-16-6-2-3-8-17(16)21/h2-4,6-8,10-12,14,24H,5,9,13H2,1H3,(H,25,26). The second-order valence-corrected chi connectivity index (χ2v) is 6.76. The zero-order valence-corrected chi connectivity index (χ0v) is 15.2. The zero-order valence-electron chi connectivity index (χ0n) is 15.2. The maximum Gasteiger partial charge on any atom is 0.352 e. The molecule has 4 nitrogen and oxygen atoms in total. The number of rotatable bonds is 6. The Bertz CT molecular complexity index is 1120. The van der Waals surface area contributed by atoms with Crippen molar-refractivity contribution < 1.29 is 14.6 Å². The van der Waals surface area contributed by atoms with E-state index >= 15 is 0 Å². The molecule has 27 heavy (non-hydrogen) atoms. The van der Waals surface area contributed by atoms with Crippen molar-refractivity contribution >= 4 is 27.6 Å². The van der Waals surface area contributed by atoms with Gasteiger partial charge in [0, 0.05) is 16.3 Å². The molecule has 0 aliphatic carbocycles. The average Bonchev–Trinajstić information content (AvgIpc) is 3.03. The molecule has 1 aromatic heterocycles. The predicted molar refractivity (Wildman–Crippen MR) is 108 cm³/mol. The fourth-order valence-corrected chi connectivity index (χ4v) is 3.56. The number of aromatic nitrogens is 1. The number of ether oxygens (including phenoxy) is 1. The van der Waals surface area contributed by atoms with Crippen LogP contribution in [0.2, 0.25) is 0 Å². The SMILES string of the molecule is Cc1ccc2c(CCCOc3cccc4ccccc34)c(C(=O)O)[nH]c2c1. The molecule has 0 amide bonds. The lowest BCUT2D eigenvalue weighted by Crippen LogP contribution is -2.04. The fourth-order valence-electron chi connectivity index (χ4n) is 3.56. The Labute approximate surface area is 157 Å². The molecule has 0 radical (unpaired) electrons. The van der Waals surface area contributed by atoms with Crippen molar-refractivity contribution in [3.05, 3.63) is 77.5 Å². The Kier molecular flexibility index (Phi) is 4.55. The minimum Gasteiger partial charge on any atom is -0.493 e. The van der Waals surface area contributed by atoms with E-state index in [9.17, 15) is 9.90 Å². The molecule has 0 fully saturated rings. The summed E-state index contributed by atoms with van der Waals surface area (Å²) in [4.78, 5) is 14.7. The number of nitrogens with one attached hydrogen (secondary N) is 1. The fraction of sp³-hybridized carbons (Fsp3) is 0.174. The Morgan fingerprint density at radius 2 is 1.85 bits per heavy atom. The highest BCUT2D eigenvalue weighted by Gasteiger charge is 2.16. The topological polar surface area (TPSA) is 62.3 Å². The van der Waals surface area contributed by atoms with Crippen molar-refractivity contribution in [2.45, 2.75) is 19.8 Å². The molecule has 0 saturated carbocycles. The molecule has 3 aromatic carbocycles. The molecule has 0 saturated heterocycles. The van der Waals surface area contributed by atoms with Gasteiger partial charge in [-0.2, -0.15) is 0 Å². The van der Waals surface area contributed by atoms with Gasteiger partial charge in [0.25, 0.3) is 0 Å². The van der Waals surface area contributed by atoms with E-state index in [4.69, 9.17) is 4.74 Å². The number of aromatic amines is 1. The third-order valence-corrected chi connectivity index (χ3v) is 4.85. The van der Waals surface area contributed by atoms with E-state index in [1.807, 2.05) is 49.4 Å². The van der Waals surface area contributed by atoms with E-state index in [2.05, 4.69) is 23.2 Å². The van der Waals surface area contributed by atoms with Gasteiger partial charge in [0.05, 0.1) is 6.61 Å². The van der Waals surface area contributed by atoms with E-state index in [1.165, 1.54) is 0 Å². The Hall–Kier alpha value is -3.27. The normalized spacial score (nSPS) is 11.1. The van der Waals surface area contributed by atoms with Crippen molar-refractivity contribution in [3.8, 4) is 5.75 Å². The van der Waals surface area contributed by atoms with Crippen LogP contribution in [0, 0.1) is 6.92 Å². The first-order chi connectivity index (χ1) is 13.1. The minimum absolute atomic E-state index is 0.278. The maximum absolute atomic E-state index is 11.6. The lowest BCUT2D eigenvalue weighted by molar-refractivity contribution is 0.0690. The summed E-state index contributed by atoms with van der Waals surface area (Å²) < 4.78 is 5.99. The van der Waals surface area contributed by atoms with Crippen molar-refractivity contribution in [2.75, 3.05) is 6.61 Å². The molecule has 0 bridgehead atoms. The van der Waals surface area contributed by atoms with Crippen LogP contribution in [0.4, 0.5) is 0 Å². The van der Waals surface area contributed by atoms with Crippen LogP contribution in [0.3, 0.4) is 0 Å². The predicted octanol–water partition coefficient (Wildman–Crippen LogP) is 5.34. The lowest BCUT2D eigenvalue weighted by atomic mass is 10.0. The number of carboxylic acid groups (broad SMARTS) is 1. The molecule has 0 unspecified atom stereocenters. The Morgan fingerprint density at radius 1 is 1.04 bits per heavy atom. The Morgan fingerprint density at radius 3 is 2.70 bits per heavy atom. The molecule has 0 atom stereocenters. The van der Waals surface area contributed by atoms with Gasteiger partial charge >= 0.3 is 5.97 Å². The third kappa shape index (κ3) is 3.38. The molecule has 0 aliphatic heterocycles. The second-order valence-electron chi connectivity index (χ2n) is 6.76. The van der Waals surface area contributed by atoms with Gasteiger partial charge < -0.3 is 14.8 Å². The smallest absolute Gasteiger partial charge is 0.352 e. The lowest BCUT2D eigenvalue weighted by Gasteiger charge is -2.09. The number of aromatic carboxylic acids is 1. The van der Waals surface area contributed by atoms with Gasteiger partial charge in [-0.1, -0.05) is 48.5 Å². The highest BCUT2D eigenvalue weighted by molar-refractivity contribution is 5.97. The van der Waals surface area contributed by atoms with Crippen molar-refractivity contribution in [2.24, 2.45) is 0 Å². The summed E-state index contributed by atoms with van der Waals surface area (Å²) in [6, 6.07) is 20.1. The number of carbonyl (C=O) groups is 1. The van der Waals surface area contributed by atoms with Crippen LogP contribution in [0.25, 0.3) is 21.7 Å². The monoisotopic (exact) mass is 359 g/mol. The van der Waals surface area contributed by atoms with Gasteiger partial charge in [-0.25, -0.2) is 4.79 Å². The minimum atomic E-state index is -0.922. The van der Waals surface area contributed by atoms with Gasteiger partial charge in [-0.3, -0.25) is 0 Å². The summed E-state index contributed by atoms with van der Waals surface area (Å²) in [6.45, 7) is 2.53.